The van der Waals surface area contributed by atoms with E-state index in [1.165, 1.54) is 17.0 Å². The molecule has 9 nitrogen and oxygen atoms in total. The predicted molar refractivity (Wildman–Crippen MR) is 184 cm³/mol. The lowest BCUT2D eigenvalue weighted by Crippen LogP contribution is -2.54. The van der Waals surface area contributed by atoms with Gasteiger partial charge in [0.05, 0.1) is 24.3 Å². The van der Waals surface area contributed by atoms with Crippen LogP contribution in [0.15, 0.2) is 114 Å². The van der Waals surface area contributed by atoms with Crippen molar-refractivity contribution >= 4 is 27.5 Å². The van der Waals surface area contributed by atoms with Gasteiger partial charge in [-0.25, -0.2) is 8.42 Å². The molecular formula is C37H43N3O6S. The highest BCUT2D eigenvalue weighted by Crippen LogP contribution is 2.26. The smallest absolute Gasteiger partial charge is 0.264 e. The van der Waals surface area contributed by atoms with Crippen molar-refractivity contribution < 1.29 is 27.5 Å². The summed E-state index contributed by atoms with van der Waals surface area (Å²) in [7, 11) is -2.66. The molecule has 4 rings (SSSR count). The maximum absolute atomic E-state index is 14.6. The van der Waals surface area contributed by atoms with Crippen LogP contribution in [0.5, 0.6) is 11.5 Å². The number of ether oxygens (including phenoxy) is 2. The van der Waals surface area contributed by atoms with Crippen LogP contribution < -0.4 is 19.1 Å². The molecule has 0 aliphatic rings. The summed E-state index contributed by atoms with van der Waals surface area (Å²) in [6, 6.07) is 30.3. The zero-order valence-corrected chi connectivity index (χ0v) is 28.2. The minimum atomic E-state index is -4.22. The summed E-state index contributed by atoms with van der Waals surface area (Å²) in [4.78, 5) is 30.0. The first-order chi connectivity index (χ1) is 22.7. The summed E-state index contributed by atoms with van der Waals surface area (Å²) in [5.74, 6) is 0.281. The monoisotopic (exact) mass is 657 g/mol. The van der Waals surface area contributed by atoms with Crippen LogP contribution in [0.2, 0.25) is 0 Å². The average molecular weight is 658 g/mol. The topological polar surface area (TPSA) is 105 Å². The Morgan fingerprint density at radius 3 is 2.06 bits per heavy atom. The van der Waals surface area contributed by atoms with E-state index < -0.39 is 28.5 Å². The lowest BCUT2D eigenvalue weighted by atomic mass is 10.0. The molecule has 0 fully saturated rings. The highest BCUT2D eigenvalue weighted by Gasteiger charge is 2.35. The van der Waals surface area contributed by atoms with Crippen LogP contribution in [0.1, 0.15) is 38.3 Å². The number of amides is 2. The van der Waals surface area contributed by atoms with Crippen LogP contribution in [0, 0.1) is 0 Å². The van der Waals surface area contributed by atoms with Gasteiger partial charge in [-0.05, 0) is 79.9 Å². The molecule has 0 spiro atoms. The summed E-state index contributed by atoms with van der Waals surface area (Å²) in [6.45, 7) is 5.68. The zero-order chi connectivity index (χ0) is 33.8. The van der Waals surface area contributed by atoms with Crippen molar-refractivity contribution in [2.45, 2.75) is 57.1 Å². The molecule has 1 N–H and O–H groups in total. The van der Waals surface area contributed by atoms with Crippen LogP contribution in [0.25, 0.3) is 0 Å². The Labute approximate surface area is 278 Å². The molecule has 0 aliphatic heterocycles. The number of anilines is 1. The summed E-state index contributed by atoms with van der Waals surface area (Å²) in [6.07, 6.45) is 0.936. The number of carbonyl (C=O) groups is 2. The van der Waals surface area contributed by atoms with Crippen molar-refractivity contribution in [3.63, 3.8) is 0 Å². The molecule has 248 valence electrons. The largest absolute Gasteiger partial charge is 0.497 e. The van der Waals surface area contributed by atoms with E-state index in [4.69, 9.17) is 9.47 Å². The zero-order valence-electron chi connectivity index (χ0n) is 27.3. The van der Waals surface area contributed by atoms with Gasteiger partial charge in [-0.1, -0.05) is 67.6 Å². The third kappa shape index (κ3) is 9.36. The molecule has 0 aromatic heterocycles. The molecule has 0 aliphatic carbocycles. The fourth-order valence-corrected chi connectivity index (χ4v) is 6.50. The predicted octanol–water partition coefficient (Wildman–Crippen LogP) is 5.84. The molecule has 0 saturated carbocycles. The van der Waals surface area contributed by atoms with E-state index >= 15 is 0 Å². The van der Waals surface area contributed by atoms with Crippen LogP contribution in [-0.4, -0.2) is 57.5 Å². The molecule has 2 amide bonds. The lowest BCUT2D eigenvalue weighted by molar-refractivity contribution is -0.140. The van der Waals surface area contributed by atoms with Gasteiger partial charge in [-0.2, -0.15) is 0 Å². The fourth-order valence-electron chi connectivity index (χ4n) is 5.09. The van der Waals surface area contributed by atoms with Crippen molar-refractivity contribution in [1.29, 1.82) is 0 Å². The number of hydrogen-bond acceptors (Lipinski definition) is 6. The van der Waals surface area contributed by atoms with Crippen molar-refractivity contribution in [2.75, 3.05) is 24.6 Å². The van der Waals surface area contributed by atoms with E-state index in [1.54, 1.807) is 61.7 Å². The van der Waals surface area contributed by atoms with Gasteiger partial charge in [0.1, 0.15) is 24.1 Å². The van der Waals surface area contributed by atoms with Gasteiger partial charge < -0.3 is 19.7 Å². The van der Waals surface area contributed by atoms with Gasteiger partial charge in [0.2, 0.25) is 11.8 Å². The summed E-state index contributed by atoms with van der Waals surface area (Å²) >= 11 is 0. The quantitative estimate of drug-likeness (QED) is 0.162. The minimum Gasteiger partial charge on any atom is -0.497 e. The standard InChI is InChI=1S/C37H43N3O6S/c1-5-28(3)38-37(42)35(25-29-14-9-7-10-15-29)39(26-30-16-13-19-33(24-30)45-4)36(41)27-40(31-17-11-8-12-18-31)47(43,44)34-22-20-32(21-23-34)46-6-2/h7-24,28,35H,5-6,25-27H2,1-4H3,(H,38,42)/t28-,35+/m0/s1. The van der Waals surface area contributed by atoms with Crippen molar-refractivity contribution in [3.05, 3.63) is 120 Å². The average Bonchev–Trinajstić information content (AvgIpc) is 3.09. The number of sulfonamides is 1. The van der Waals surface area contributed by atoms with E-state index in [9.17, 15) is 18.0 Å². The highest BCUT2D eigenvalue weighted by molar-refractivity contribution is 7.92. The summed E-state index contributed by atoms with van der Waals surface area (Å²) in [5, 5.41) is 3.05. The number of hydrogen-bond donors (Lipinski definition) is 1. The highest BCUT2D eigenvalue weighted by atomic mass is 32.2. The maximum Gasteiger partial charge on any atom is 0.264 e. The van der Waals surface area contributed by atoms with Gasteiger partial charge in [0, 0.05) is 19.0 Å². The number of benzene rings is 4. The second kappa shape index (κ2) is 16.6. The number of nitrogens with zero attached hydrogens (tertiary/aromatic N) is 2. The number of carbonyl (C=O) groups excluding carboxylic acids is 2. The second-order valence-corrected chi connectivity index (χ2v) is 13.0. The molecule has 4 aromatic rings. The molecule has 4 aromatic carbocycles. The minimum absolute atomic E-state index is 0.00676. The Kier molecular flexibility index (Phi) is 12.4. The third-order valence-corrected chi connectivity index (χ3v) is 9.59. The molecule has 0 saturated heterocycles. The van der Waals surface area contributed by atoms with Crippen molar-refractivity contribution in [2.24, 2.45) is 0 Å². The van der Waals surface area contributed by atoms with E-state index in [0.717, 1.165) is 15.4 Å². The van der Waals surface area contributed by atoms with Gasteiger partial charge in [0.25, 0.3) is 10.0 Å². The Balaban J connectivity index is 1.79. The van der Waals surface area contributed by atoms with Crippen LogP contribution in [-0.2, 0) is 32.6 Å². The Hall–Kier alpha value is -4.83. The maximum atomic E-state index is 14.6. The summed E-state index contributed by atoms with van der Waals surface area (Å²) in [5.41, 5.74) is 1.91. The molecule has 10 heteroatoms. The number of para-hydroxylation sites is 1. The van der Waals surface area contributed by atoms with E-state index in [2.05, 4.69) is 5.32 Å². The molecule has 2 atom stereocenters. The van der Waals surface area contributed by atoms with Crippen molar-refractivity contribution in [3.8, 4) is 11.5 Å². The molecule has 47 heavy (non-hydrogen) atoms. The van der Waals surface area contributed by atoms with Crippen LogP contribution in [0.4, 0.5) is 5.69 Å². The number of rotatable bonds is 16. The molecule has 0 bridgehead atoms. The van der Waals surface area contributed by atoms with E-state index in [-0.39, 0.29) is 29.8 Å². The Morgan fingerprint density at radius 2 is 1.45 bits per heavy atom. The van der Waals surface area contributed by atoms with E-state index in [1.807, 2.05) is 63.2 Å². The molecule has 0 unspecified atom stereocenters. The first-order valence-corrected chi connectivity index (χ1v) is 17.2. The van der Waals surface area contributed by atoms with Crippen LogP contribution in [0.3, 0.4) is 0 Å². The summed E-state index contributed by atoms with van der Waals surface area (Å²) < 4.78 is 40.4. The van der Waals surface area contributed by atoms with E-state index in [0.29, 0.717) is 30.2 Å². The molecular weight excluding hydrogens is 614 g/mol. The molecule has 0 radical (unpaired) electrons. The first kappa shape index (κ1) is 35.0. The van der Waals surface area contributed by atoms with Gasteiger partial charge >= 0.3 is 0 Å². The van der Waals surface area contributed by atoms with Crippen molar-refractivity contribution in [1.82, 2.24) is 10.2 Å². The second-order valence-electron chi connectivity index (χ2n) is 11.1. The lowest BCUT2D eigenvalue weighted by Gasteiger charge is -2.34. The fraction of sp³-hybridized carbons (Fsp3) is 0.297. The Morgan fingerprint density at radius 1 is 0.809 bits per heavy atom. The SMILES string of the molecule is CCOc1ccc(S(=O)(=O)N(CC(=O)N(Cc2cccc(OC)c2)[C@H](Cc2ccccc2)C(=O)N[C@@H](C)CC)c2ccccc2)cc1. The van der Waals surface area contributed by atoms with Crippen LogP contribution >= 0.6 is 0 Å². The van der Waals surface area contributed by atoms with Gasteiger partial charge in [0.15, 0.2) is 0 Å². The van der Waals surface area contributed by atoms with Gasteiger partial charge in [-0.3, -0.25) is 13.9 Å². The normalized spacial score (nSPS) is 12.4. The third-order valence-electron chi connectivity index (χ3n) is 7.80. The number of nitrogens with one attached hydrogen (secondary N) is 1. The molecule has 0 heterocycles. The number of methoxy groups -OCH3 is 1. The Bertz CT molecular complexity index is 1700. The van der Waals surface area contributed by atoms with Gasteiger partial charge in [-0.15, -0.1) is 0 Å². The first-order valence-electron chi connectivity index (χ1n) is 15.7.